The number of amides is 3. The summed E-state index contributed by atoms with van der Waals surface area (Å²) >= 11 is 0. The van der Waals surface area contributed by atoms with Gasteiger partial charge in [-0.3, -0.25) is 14.4 Å². The van der Waals surface area contributed by atoms with E-state index in [2.05, 4.69) is 10.6 Å². The number of carbonyl (C=O) groups is 3. The molecule has 4 rings (SSSR count). The van der Waals surface area contributed by atoms with Crippen LogP contribution in [0.15, 0.2) is 24.3 Å². The maximum atomic E-state index is 12.6. The van der Waals surface area contributed by atoms with Crippen LogP contribution in [-0.2, 0) is 9.59 Å². The van der Waals surface area contributed by atoms with Gasteiger partial charge < -0.3 is 15.5 Å². The highest BCUT2D eigenvalue weighted by Gasteiger charge is 2.32. The van der Waals surface area contributed by atoms with Gasteiger partial charge in [-0.1, -0.05) is 0 Å². The Morgan fingerprint density at radius 1 is 0.808 bits per heavy atom. The zero-order valence-corrected chi connectivity index (χ0v) is 14.9. The molecule has 1 heterocycles. The highest BCUT2D eigenvalue weighted by Crippen LogP contribution is 2.30. The van der Waals surface area contributed by atoms with Crippen molar-refractivity contribution in [2.75, 3.05) is 18.4 Å². The Kier molecular flexibility index (Phi) is 4.66. The first-order valence-corrected chi connectivity index (χ1v) is 9.61. The van der Waals surface area contributed by atoms with Gasteiger partial charge in [-0.05, 0) is 62.8 Å². The monoisotopic (exact) mass is 355 g/mol. The van der Waals surface area contributed by atoms with Crippen molar-refractivity contribution in [2.45, 2.75) is 44.6 Å². The van der Waals surface area contributed by atoms with E-state index in [1.807, 2.05) is 4.90 Å². The lowest BCUT2D eigenvalue weighted by molar-refractivity contribution is -0.123. The molecule has 0 spiro atoms. The standard InChI is InChI=1S/C20H25N3O3/c24-18(13-1-2-13)21-16-7-5-15(6-8-16)20(26)23-11-9-17(10-12-23)22-19(25)14-3-4-14/h5-8,13-14,17H,1-4,9-12H2,(H,21,24)(H,22,25). The highest BCUT2D eigenvalue weighted by molar-refractivity contribution is 5.96. The molecule has 3 amide bonds. The Balaban J connectivity index is 1.27. The van der Waals surface area contributed by atoms with Gasteiger partial charge in [-0.2, -0.15) is 0 Å². The van der Waals surface area contributed by atoms with Crippen molar-refractivity contribution < 1.29 is 14.4 Å². The minimum Gasteiger partial charge on any atom is -0.353 e. The van der Waals surface area contributed by atoms with Gasteiger partial charge in [0.05, 0.1) is 0 Å². The zero-order valence-electron chi connectivity index (χ0n) is 14.9. The molecule has 3 aliphatic rings. The molecule has 1 aromatic carbocycles. The van der Waals surface area contributed by atoms with Crippen molar-refractivity contribution in [3.63, 3.8) is 0 Å². The normalized spacial score (nSPS) is 20.5. The van der Waals surface area contributed by atoms with Crippen LogP contribution in [-0.4, -0.2) is 41.8 Å². The number of piperidine rings is 1. The van der Waals surface area contributed by atoms with Gasteiger partial charge in [0.25, 0.3) is 5.91 Å². The van der Waals surface area contributed by atoms with Crippen LogP contribution in [0.5, 0.6) is 0 Å². The van der Waals surface area contributed by atoms with E-state index in [0.29, 0.717) is 18.7 Å². The predicted molar refractivity (Wildman–Crippen MR) is 97.6 cm³/mol. The van der Waals surface area contributed by atoms with Crippen molar-refractivity contribution in [3.05, 3.63) is 29.8 Å². The molecule has 2 N–H and O–H groups in total. The molecule has 0 bridgehead atoms. The molecule has 3 fully saturated rings. The summed E-state index contributed by atoms with van der Waals surface area (Å²) in [5.41, 5.74) is 1.37. The molecule has 0 aromatic heterocycles. The average molecular weight is 355 g/mol. The van der Waals surface area contributed by atoms with Gasteiger partial charge in [-0.25, -0.2) is 0 Å². The molecular weight excluding hydrogens is 330 g/mol. The first-order valence-electron chi connectivity index (χ1n) is 9.61. The van der Waals surface area contributed by atoms with Gasteiger partial charge in [0.1, 0.15) is 0 Å². The molecule has 2 saturated carbocycles. The molecule has 0 unspecified atom stereocenters. The molecule has 2 aliphatic carbocycles. The van der Waals surface area contributed by atoms with Crippen LogP contribution in [0.2, 0.25) is 0 Å². The molecule has 0 radical (unpaired) electrons. The Morgan fingerprint density at radius 3 is 1.96 bits per heavy atom. The minimum absolute atomic E-state index is 0.0111. The second-order valence-electron chi connectivity index (χ2n) is 7.69. The molecule has 0 atom stereocenters. The molecule has 138 valence electrons. The van der Waals surface area contributed by atoms with Crippen molar-refractivity contribution >= 4 is 23.4 Å². The van der Waals surface area contributed by atoms with Crippen LogP contribution in [0.3, 0.4) is 0 Å². The SMILES string of the molecule is O=C(Nc1ccc(C(=O)N2CCC(NC(=O)C3CC3)CC2)cc1)C1CC1. The molecular formula is C20H25N3O3. The number of anilines is 1. The van der Waals surface area contributed by atoms with E-state index in [1.54, 1.807) is 24.3 Å². The highest BCUT2D eigenvalue weighted by atomic mass is 16.2. The maximum Gasteiger partial charge on any atom is 0.253 e. The van der Waals surface area contributed by atoms with E-state index >= 15 is 0 Å². The summed E-state index contributed by atoms with van der Waals surface area (Å²) in [6.45, 7) is 1.32. The maximum absolute atomic E-state index is 12.6. The van der Waals surface area contributed by atoms with Gasteiger partial charge in [0.15, 0.2) is 0 Å². The molecule has 1 saturated heterocycles. The minimum atomic E-state index is 0.0111. The smallest absolute Gasteiger partial charge is 0.253 e. The Bertz CT molecular complexity index is 700. The van der Waals surface area contributed by atoms with E-state index < -0.39 is 0 Å². The predicted octanol–water partition coefficient (Wildman–Crippen LogP) is 2.17. The second-order valence-corrected chi connectivity index (χ2v) is 7.69. The number of benzene rings is 1. The molecule has 6 nitrogen and oxygen atoms in total. The summed E-state index contributed by atoms with van der Waals surface area (Å²) in [5, 5.41) is 5.99. The number of carbonyl (C=O) groups excluding carboxylic acids is 3. The first-order chi connectivity index (χ1) is 12.6. The summed E-state index contributed by atoms with van der Waals surface area (Å²) in [7, 11) is 0. The van der Waals surface area contributed by atoms with Crippen LogP contribution in [0.4, 0.5) is 5.69 Å². The summed E-state index contributed by atoms with van der Waals surface area (Å²) in [6.07, 6.45) is 5.58. The van der Waals surface area contributed by atoms with Crippen molar-refractivity contribution in [3.8, 4) is 0 Å². The van der Waals surface area contributed by atoms with Crippen LogP contribution < -0.4 is 10.6 Å². The number of nitrogens with zero attached hydrogens (tertiary/aromatic N) is 1. The average Bonchev–Trinajstić information content (AvgIpc) is 3.54. The van der Waals surface area contributed by atoms with E-state index in [0.717, 1.165) is 44.2 Å². The number of nitrogens with one attached hydrogen (secondary N) is 2. The van der Waals surface area contributed by atoms with E-state index in [9.17, 15) is 14.4 Å². The third-order valence-corrected chi connectivity index (χ3v) is 5.42. The molecule has 6 heteroatoms. The number of rotatable bonds is 5. The van der Waals surface area contributed by atoms with Crippen LogP contribution in [0.1, 0.15) is 48.9 Å². The summed E-state index contributed by atoms with van der Waals surface area (Å²) < 4.78 is 0. The van der Waals surface area contributed by atoms with Crippen molar-refractivity contribution in [2.24, 2.45) is 11.8 Å². The fraction of sp³-hybridized carbons (Fsp3) is 0.550. The van der Waals surface area contributed by atoms with Gasteiger partial charge >= 0.3 is 0 Å². The summed E-state index contributed by atoms with van der Waals surface area (Å²) in [4.78, 5) is 38.1. The van der Waals surface area contributed by atoms with Crippen LogP contribution >= 0.6 is 0 Å². The lowest BCUT2D eigenvalue weighted by Gasteiger charge is -2.32. The van der Waals surface area contributed by atoms with Crippen LogP contribution in [0.25, 0.3) is 0 Å². The first kappa shape index (κ1) is 17.1. The largest absolute Gasteiger partial charge is 0.353 e. The van der Waals surface area contributed by atoms with E-state index in [1.165, 1.54) is 0 Å². The fourth-order valence-corrected chi connectivity index (χ4v) is 3.36. The Morgan fingerprint density at radius 2 is 1.38 bits per heavy atom. The lowest BCUT2D eigenvalue weighted by atomic mass is 10.0. The second kappa shape index (κ2) is 7.09. The van der Waals surface area contributed by atoms with E-state index in [-0.39, 0.29) is 35.6 Å². The van der Waals surface area contributed by atoms with Crippen molar-refractivity contribution in [1.82, 2.24) is 10.2 Å². The lowest BCUT2D eigenvalue weighted by Crippen LogP contribution is -2.46. The number of hydrogen-bond donors (Lipinski definition) is 2. The third-order valence-electron chi connectivity index (χ3n) is 5.42. The zero-order chi connectivity index (χ0) is 18.1. The van der Waals surface area contributed by atoms with Crippen LogP contribution in [0, 0.1) is 11.8 Å². The van der Waals surface area contributed by atoms with Crippen molar-refractivity contribution in [1.29, 1.82) is 0 Å². The molecule has 26 heavy (non-hydrogen) atoms. The van der Waals surface area contributed by atoms with Gasteiger partial charge in [0, 0.05) is 42.2 Å². The Labute approximate surface area is 153 Å². The topological polar surface area (TPSA) is 78.5 Å². The number of hydrogen-bond acceptors (Lipinski definition) is 3. The third kappa shape index (κ3) is 4.06. The fourth-order valence-electron chi connectivity index (χ4n) is 3.36. The molecule has 1 aromatic rings. The summed E-state index contributed by atoms with van der Waals surface area (Å²) in [5.74, 6) is 0.654. The Hall–Kier alpha value is -2.37. The van der Waals surface area contributed by atoms with Gasteiger partial charge in [0.2, 0.25) is 11.8 Å². The number of likely N-dealkylation sites (tertiary alicyclic amines) is 1. The van der Waals surface area contributed by atoms with E-state index in [4.69, 9.17) is 0 Å². The van der Waals surface area contributed by atoms with Gasteiger partial charge in [-0.15, -0.1) is 0 Å². The molecule has 1 aliphatic heterocycles. The summed E-state index contributed by atoms with van der Waals surface area (Å²) in [6, 6.07) is 7.30. The quantitative estimate of drug-likeness (QED) is 0.850.